The molecule has 1 aliphatic rings. The molecule has 1 aromatic carbocycles. The summed E-state index contributed by atoms with van der Waals surface area (Å²) >= 11 is 0. The van der Waals surface area contributed by atoms with Crippen LogP contribution in [0, 0.1) is 26.7 Å². The Kier molecular flexibility index (Phi) is 8.41. The summed E-state index contributed by atoms with van der Waals surface area (Å²) in [5.41, 5.74) is 6.29. The molecule has 7 nitrogen and oxygen atoms in total. The van der Waals surface area contributed by atoms with Crippen molar-refractivity contribution in [2.45, 2.75) is 79.3 Å². The number of nitrogens with zero attached hydrogens (tertiary/aromatic N) is 3. The van der Waals surface area contributed by atoms with Crippen LogP contribution < -0.4 is 15.8 Å². The van der Waals surface area contributed by atoms with E-state index in [0.717, 1.165) is 59.1 Å². The second-order valence-corrected chi connectivity index (χ2v) is 10.3. The molecule has 196 valence electrons. The Morgan fingerprint density at radius 1 is 1.08 bits per heavy atom. The average molecular weight is 502 g/mol. The maximum atomic E-state index is 13.6. The van der Waals surface area contributed by atoms with E-state index in [4.69, 9.17) is 0 Å². The first-order chi connectivity index (χ1) is 17.8. The molecule has 7 heteroatoms. The van der Waals surface area contributed by atoms with Gasteiger partial charge in [0.2, 0.25) is 0 Å². The molecule has 1 saturated carbocycles. The largest absolute Gasteiger partial charge is 0.369 e. The number of hydrogen-bond acceptors (Lipinski definition) is 5. The molecule has 2 N–H and O–H groups in total. The smallest absolute Gasteiger partial charge is 0.253 e. The molecule has 1 aliphatic carbocycles. The molecule has 37 heavy (non-hydrogen) atoms. The summed E-state index contributed by atoms with van der Waals surface area (Å²) in [5, 5.41) is 3.00. The molecular formula is C30H39N5O2. The van der Waals surface area contributed by atoms with Crippen LogP contribution in [0.25, 0.3) is 11.3 Å². The van der Waals surface area contributed by atoms with E-state index in [1.165, 1.54) is 19.3 Å². The summed E-state index contributed by atoms with van der Waals surface area (Å²) in [6.07, 6.45) is 11.1. The highest BCUT2D eigenvalue weighted by atomic mass is 16.1. The van der Waals surface area contributed by atoms with Gasteiger partial charge in [-0.3, -0.25) is 19.6 Å². The number of aromatic nitrogens is 3. The third kappa shape index (κ3) is 5.92. The SMILES string of the molecule is CCN(c1cc(-c2cnccn2)cc(C(=O)NCc2c(C)cc(C)[nH]c2=O)c1C)[C@H]1CC[C@H](CC)CC1. The molecule has 1 amide bonds. The zero-order valence-electron chi connectivity index (χ0n) is 22.7. The molecule has 0 atom stereocenters. The Morgan fingerprint density at radius 3 is 2.46 bits per heavy atom. The van der Waals surface area contributed by atoms with E-state index in [9.17, 15) is 9.59 Å². The lowest BCUT2D eigenvalue weighted by atomic mass is 9.83. The highest BCUT2D eigenvalue weighted by Crippen LogP contribution is 2.36. The van der Waals surface area contributed by atoms with E-state index < -0.39 is 0 Å². The molecule has 0 unspecified atom stereocenters. The van der Waals surface area contributed by atoms with Crippen molar-refractivity contribution in [2.75, 3.05) is 11.4 Å². The highest BCUT2D eigenvalue weighted by molar-refractivity contribution is 5.98. The highest BCUT2D eigenvalue weighted by Gasteiger charge is 2.27. The number of H-pyrrole nitrogens is 1. The normalized spacial score (nSPS) is 17.4. The van der Waals surface area contributed by atoms with Gasteiger partial charge in [-0.15, -0.1) is 0 Å². The summed E-state index contributed by atoms with van der Waals surface area (Å²) in [6.45, 7) is 11.3. The summed E-state index contributed by atoms with van der Waals surface area (Å²) in [4.78, 5) is 40.1. The summed E-state index contributed by atoms with van der Waals surface area (Å²) in [5.74, 6) is 0.617. The van der Waals surface area contributed by atoms with E-state index in [1.807, 2.05) is 32.9 Å². The maximum absolute atomic E-state index is 13.6. The van der Waals surface area contributed by atoms with Crippen molar-refractivity contribution in [3.05, 3.63) is 75.1 Å². The van der Waals surface area contributed by atoms with Crippen molar-refractivity contribution in [3.63, 3.8) is 0 Å². The van der Waals surface area contributed by atoms with Crippen LogP contribution in [0.2, 0.25) is 0 Å². The maximum Gasteiger partial charge on any atom is 0.253 e. The molecule has 0 bridgehead atoms. The number of aryl methyl sites for hydroxylation is 2. The lowest BCUT2D eigenvalue weighted by molar-refractivity contribution is 0.0950. The van der Waals surface area contributed by atoms with Crippen LogP contribution in [0.5, 0.6) is 0 Å². The third-order valence-electron chi connectivity index (χ3n) is 7.89. The van der Waals surface area contributed by atoms with Gasteiger partial charge in [0, 0.05) is 59.6 Å². The predicted octanol–water partition coefficient (Wildman–Crippen LogP) is 5.48. The van der Waals surface area contributed by atoms with Crippen LogP contribution in [0.15, 0.2) is 41.6 Å². The van der Waals surface area contributed by atoms with Gasteiger partial charge in [-0.2, -0.15) is 0 Å². The van der Waals surface area contributed by atoms with Crippen LogP contribution in [0.1, 0.15) is 78.7 Å². The van der Waals surface area contributed by atoms with Gasteiger partial charge in [0.15, 0.2) is 0 Å². The van der Waals surface area contributed by atoms with Gasteiger partial charge in [-0.25, -0.2) is 0 Å². The van der Waals surface area contributed by atoms with E-state index in [-0.39, 0.29) is 18.0 Å². The fourth-order valence-electron chi connectivity index (χ4n) is 5.68. The number of benzene rings is 1. The fourth-order valence-corrected chi connectivity index (χ4v) is 5.68. The third-order valence-corrected chi connectivity index (χ3v) is 7.89. The van der Waals surface area contributed by atoms with Crippen molar-refractivity contribution < 1.29 is 4.79 Å². The molecule has 1 fully saturated rings. The van der Waals surface area contributed by atoms with Gasteiger partial charge < -0.3 is 15.2 Å². The van der Waals surface area contributed by atoms with Crippen molar-refractivity contribution >= 4 is 11.6 Å². The van der Waals surface area contributed by atoms with Crippen LogP contribution >= 0.6 is 0 Å². The number of hydrogen-bond donors (Lipinski definition) is 2. The molecule has 0 spiro atoms. The number of pyridine rings is 1. The average Bonchev–Trinajstić information content (AvgIpc) is 2.90. The van der Waals surface area contributed by atoms with Gasteiger partial charge >= 0.3 is 0 Å². The predicted molar refractivity (Wildman–Crippen MR) is 149 cm³/mol. The molecule has 4 rings (SSSR count). The lowest BCUT2D eigenvalue weighted by Crippen LogP contribution is -2.39. The van der Waals surface area contributed by atoms with Crippen molar-refractivity contribution in [1.29, 1.82) is 0 Å². The van der Waals surface area contributed by atoms with E-state index in [0.29, 0.717) is 17.2 Å². The summed E-state index contributed by atoms with van der Waals surface area (Å²) in [7, 11) is 0. The minimum Gasteiger partial charge on any atom is -0.369 e. The Balaban J connectivity index is 1.69. The van der Waals surface area contributed by atoms with Crippen molar-refractivity contribution in [3.8, 4) is 11.3 Å². The minimum absolute atomic E-state index is 0.164. The van der Waals surface area contributed by atoms with Crippen LogP contribution in [0.4, 0.5) is 5.69 Å². The second kappa shape index (κ2) is 11.7. The van der Waals surface area contributed by atoms with Crippen LogP contribution in [0.3, 0.4) is 0 Å². The summed E-state index contributed by atoms with van der Waals surface area (Å²) < 4.78 is 0. The number of carbonyl (C=O) groups excluding carboxylic acids is 1. The Bertz CT molecular complexity index is 1290. The minimum atomic E-state index is -0.199. The Hall–Kier alpha value is -3.48. The van der Waals surface area contributed by atoms with Gasteiger partial charge in [0.1, 0.15) is 0 Å². The zero-order valence-corrected chi connectivity index (χ0v) is 22.7. The number of nitrogens with one attached hydrogen (secondary N) is 2. The van der Waals surface area contributed by atoms with Crippen LogP contribution in [-0.4, -0.2) is 33.4 Å². The molecule has 0 radical (unpaired) electrons. The quantitative estimate of drug-likeness (QED) is 0.426. The Labute approximate surface area is 219 Å². The second-order valence-electron chi connectivity index (χ2n) is 10.3. The monoisotopic (exact) mass is 501 g/mol. The number of aromatic amines is 1. The number of rotatable bonds is 8. The number of anilines is 1. The number of carbonyl (C=O) groups is 1. The van der Waals surface area contributed by atoms with Gasteiger partial charge in [-0.1, -0.05) is 13.3 Å². The van der Waals surface area contributed by atoms with E-state index >= 15 is 0 Å². The first-order valence-corrected chi connectivity index (χ1v) is 13.5. The molecule has 0 saturated heterocycles. The molecule has 2 heterocycles. The Morgan fingerprint density at radius 2 is 1.84 bits per heavy atom. The molecule has 2 aromatic heterocycles. The van der Waals surface area contributed by atoms with E-state index in [2.05, 4.69) is 45.1 Å². The fraction of sp³-hybridized carbons (Fsp3) is 0.467. The van der Waals surface area contributed by atoms with Crippen molar-refractivity contribution in [2.24, 2.45) is 5.92 Å². The van der Waals surface area contributed by atoms with Crippen molar-refractivity contribution in [1.82, 2.24) is 20.3 Å². The standard InChI is InChI=1S/C30H39N5O2/c1-6-22-8-10-24(11-9-22)35(7-2)28-16-23(27-18-31-12-13-32-27)15-25(21(28)5)29(36)33-17-26-19(3)14-20(4)34-30(26)37/h12-16,18,22,24H,6-11,17H2,1-5H3,(H,33,36)(H,34,37)/t22-,24-. The lowest BCUT2D eigenvalue weighted by Gasteiger charge is -2.39. The first kappa shape index (κ1) is 26.6. The number of amides is 1. The first-order valence-electron chi connectivity index (χ1n) is 13.5. The summed E-state index contributed by atoms with van der Waals surface area (Å²) in [6, 6.07) is 6.42. The molecule has 3 aromatic rings. The molecule has 0 aliphatic heterocycles. The topological polar surface area (TPSA) is 91.0 Å². The van der Waals surface area contributed by atoms with Crippen LogP contribution in [-0.2, 0) is 6.54 Å². The van der Waals surface area contributed by atoms with E-state index in [1.54, 1.807) is 18.6 Å². The molecular weight excluding hydrogens is 462 g/mol. The van der Waals surface area contributed by atoms with Gasteiger partial charge in [0.25, 0.3) is 11.5 Å². The van der Waals surface area contributed by atoms with Gasteiger partial charge in [0.05, 0.1) is 11.9 Å². The zero-order chi connectivity index (χ0) is 26.5. The van der Waals surface area contributed by atoms with Gasteiger partial charge in [-0.05, 0) is 88.6 Å².